The molecular weight excluding hydrogens is 373 g/mol. The second-order valence-corrected chi connectivity index (χ2v) is 6.39. The van der Waals surface area contributed by atoms with Crippen molar-refractivity contribution in [3.05, 3.63) is 70.3 Å². The van der Waals surface area contributed by atoms with Gasteiger partial charge < -0.3 is 10.2 Å². The van der Waals surface area contributed by atoms with Crippen molar-refractivity contribution in [3.63, 3.8) is 0 Å². The second kappa shape index (κ2) is 12.0. The van der Waals surface area contributed by atoms with Crippen molar-refractivity contribution < 1.29 is 44.6 Å². The fourth-order valence-corrected chi connectivity index (χ4v) is 2.64. The molecule has 0 aliphatic rings. The fraction of sp³-hybridized carbons (Fsp3) is 0.238. The Hall–Kier alpha value is -1.59. The van der Waals surface area contributed by atoms with Gasteiger partial charge in [-0.05, 0) is 48.1 Å². The van der Waals surface area contributed by atoms with E-state index in [4.69, 9.17) is 16.7 Å². The summed E-state index contributed by atoms with van der Waals surface area (Å²) in [6, 6.07) is 12.2. The van der Waals surface area contributed by atoms with E-state index in [0.717, 1.165) is 12.0 Å². The normalized spacial score (nSPS) is 11.4. The summed E-state index contributed by atoms with van der Waals surface area (Å²) in [5, 5.41) is 21.5. The largest absolute Gasteiger partial charge is 1.00 e. The Labute approximate surface area is 186 Å². The van der Waals surface area contributed by atoms with Crippen LogP contribution in [0.5, 0.6) is 0 Å². The molecule has 0 aromatic heterocycles. The van der Waals surface area contributed by atoms with E-state index in [0.29, 0.717) is 5.02 Å². The Morgan fingerprint density at radius 3 is 2.52 bits per heavy atom. The van der Waals surface area contributed by atoms with E-state index < -0.39 is 11.9 Å². The molecule has 0 radical (unpaired) electrons. The number of aryl methyl sites for hydroxylation is 1. The van der Waals surface area contributed by atoms with Crippen LogP contribution in [0.3, 0.4) is 0 Å². The molecule has 2 aromatic carbocycles. The molecule has 136 valence electrons. The van der Waals surface area contributed by atoms with Crippen LogP contribution in [0.2, 0.25) is 5.02 Å². The number of benzene rings is 2. The molecule has 0 aliphatic heterocycles. The molecule has 0 saturated heterocycles. The maximum absolute atomic E-state index is 12.0. The van der Waals surface area contributed by atoms with Gasteiger partial charge in [-0.1, -0.05) is 67.8 Å². The molecule has 0 spiro atoms. The Morgan fingerprint density at radius 2 is 1.89 bits per heavy atom. The topological polar surface area (TPSA) is 72.7 Å². The van der Waals surface area contributed by atoms with Crippen LogP contribution in [-0.4, -0.2) is 17.0 Å². The van der Waals surface area contributed by atoms with Crippen molar-refractivity contribution in [3.8, 4) is 0 Å². The van der Waals surface area contributed by atoms with E-state index in [1.54, 1.807) is 6.08 Å². The minimum atomic E-state index is -1.16. The number of nitrogens with zero attached hydrogens (tertiary/aromatic N) is 1. The number of hydrogen-bond acceptors (Lipinski definition) is 3. The van der Waals surface area contributed by atoms with Crippen LogP contribution in [0, 0.1) is 0 Å². The molecule has 0 fully saturated rings. The van der Waals surface area contributed by atoms with Gasteiger partial charge in [0.1, 0.15) is 0 Å². The van der Waals surface area contributed by atoms with E-state index >= 15 is 0 Å². The maximum Gasteiger partial charge on any atom is 1.00 e. The Morgan fingerprint density at radius 1 is 1.19 bits per heavy atom. The summed E-state index contributed by atoms with van der Waals surface area (Å²) in [7, 11) is 0. The van der Waals surface area contributed by atoms with Crippen molar-refractivity contribution in [2.24, 2.45) is 4.99 Å². The summed E-state index contributed by atoms with van der Waals surface area (Å²) in [4.78, 5) is 15.0. The first-order valence-electron chi connectivity index (χ1n) is 8.55. The SMILES string of the molecule is CCCCCc1ccc(/C=C/C([O-])=Nc2cc(Cl)ccc2C(=O)O)cc1.[Na+]. The van der Waals surface area contributed by atoms with Crippen molar-refractivity contribution in [2.75, 3.05) is 0 Å². The quantitative estimate of drug-likeness (QED) is 0.322. The fourth-order valence-electron chi connectivity index (χ4n) is 2.48. The van der Waals surface area contributed by atoms with E-state index in [9.17, 15) is 9.90 Å². The molecule has 2 rings (SSSR count). The molecule has 6 heteroatoms. The van der Waals surface area contributed by atoms with E-state index in [1.165, 1.54) is 49.1 Å². The monoisotopic (exact) mass is 393 g/mol. The van der Waals surface area contributed by atoms with Crippen molar-refractivity contribution in [1.82, 2.24) is 0 Å². The Kier molecular flexibility index (Phi) is 10.4. The molecule has 0 heterocycles. The number of carboxylic acid groups (broad SMARTS) is 1. The van der Waals surface area contributed by atoms with E-state index in [1.807, 2.05) is 12.1 Å². The third-order valence-corrected chi connectivity index (χ3v) is 4.12. The van der Waals surface area contributed by atoms with Gasteiger partial charge in [-0.2, -0.15) is 0 Å². The summed E-state index contributed by atoms with van der Waals surface area (Å²) < 4.78 is 0. The predicted octanol–water partition coefficient (Wildman–Crippen LogP) is 1.88. The molecule has 1 N–H and O–H groups in total. The van der Waals surface area contributed by atoms with Crippen LogP contribution in [0.15, 0.2) is 53.5 Å². The van der Waals surface area contributed by atoms with Gasteiger partial charge in [0.05, 0.1) is 11.3 Å². The molecule has 0 aliphatic carbocycles. The van der Waals surface area contributed by atoms with Crippen LogP contribution in [0.1, 0.15) is 47.7 Å². The van der Waals surface area contributed by atoms with Gasteiger partial charge in [0.15, 0.2) is 0 Å². The van der Waals surface area contributed by atoms with Crippen LogP contribution in [-0.2, 0) is 6.42 Å². The third kappa shape index (κ3) is 7.89. The number of carbonyl (C=O) groups is 1. The van der Waals surface area contributed by atoms with Crippen molar-refractivity contribution >= 4 is 35.2 Å². The number of aromatic carboxylic acids is 1. The standard InChI is InChI=1S/C21H22ClNO3.Na/c1-2-3-4-5-15-6-8-16(9-7-15)10-13-20(24)23-19-14-17(22)11-12-18(19)21(25)26;/h6-14H,2-5H2,1H3,(H,23,24)(H,25,26);/q;+1/p-1/b13-10+;. The molecule has 0 bridgehead atoms. The summed E-state index contributed by atoms with van der Waals surface area (Å²) in [6.45, 7) is 2.18. The number of halogens is 1. The average molecular weight is 394 g/mol. The molecule has 2 aromatic rings. The predicted molar refractivity (Wildman–Crippen MR) is 104 cm³/mol. The zero-order chi connectivity index (χ0) is 18.9. The van der Waals surface area contributed by atoms with Crippen LogP contribution in [0.4, 0.5) is 5.69 Å². The van der Waals surface area contributed by atoms with Gasteiger partial charge in [-0.15, -0.1) is 0 Å². The number of carboxylic acids is 1. The summed E-state index contributed by atoms with van der Waals surface area (Å²) in [5.41, 5.74) is 2.15. The molecule has 0 unspecified atom stereocenters. The molecule has 27 heavy (non-hydrogen) atoms. The molecular formula is C21H21ClNNaO3. The van der Waals surface area contributed by atoms with Crippen molar-refractivity contribution in [1.29, 1.82) is 0 Å². The average Bonchev–Trinajstić information content (AvgIpc) is 2.61. The minimum Gasteiger partial charge on any atom is -0.859 e. The first-order valence-corrected chi connectivity index (χ1v) is 8.93. The van der Waals surface area contributed by atoms with Crippen LogP contribution < -0.4 is 34.7 Å². The van der Waals surface area contributed by atoms with Gasteiger partial charge in [0.2, 0.25) is 0 Å². The van der Waals surface area contributed by atoms with E-state index in [2.05, 4.69) is 24.0 Å². The molecule has 0 atom stereocenters. The van der Waals surface area contributed by atoms with Gasteiger partial charge >= 0.3 is 35.5 Å². The summed E-state index contributed by atoms with van der Waals surface area (Å²) in [5.74, 6) is -1.70. The number of rotatable bonds is 8. The third-order valence-electron chi connectivity index (χ3n) is 3.89. The zero-order valence-corrected chi connectivity index (χ0v) is 18.4. The van der Waals surface area contributed by atoms with Crippen molar-refractivity contribution in [2.45, 2.75) is 32.6 Å². The van der Waals surface area contributed by atoms with Crippen LogP contribution in [0.25, 0.3) is 6.08 Å². The molecule has 0 amide bonds. The van der Waals surface area contributed by atoms with Crippen LogP contribution >= 0.6 is 11.6 Å². The van der Waals surface area contributed by atoms with Gasteiger partial charge in [-0.25, -0.2) is 4.79 Å². The Bertz CT molecular complexity index is 817. The summed E-state index contributed by atoms with van der Waals surface area (Å²) >= 11 is 5.86. The smallest absolute Gasteiger partial charge is 0.859 e. The first-order chi connectivity index (χ1) is 12.5. The Balaban J connectivity index is 0.00000364. The number of unbranched alkanes of at least 4 members (excludes halogenated alkanes) is 2. The molecule has 4 nitrogen and oxygen atoms in total. The molecule has 0 saturated carbocycles. The number of aliphatic imine (C=N–C) groups is 1. The second-order valence-electron chi connectivity index (χ2n) is 5.95. The van der Waals surface area contributed by atoms with Gasteiger partial charge in [0.25, 0.3) is 0 Å². The van der Waals surface area contributed by atoms with Gasteiger partial charge in [-0.3, -0.25) is 4.99 Å². The first kappa shape index (κ1) is 23.4. The maximum atomic E-state index is 12.0. The number of hydrogen-bond donors (Lipinski definition) is 1. The summed E-state index contributed by atoms with van der Waals surface area (Å²) in [6.07, 6.45) is 7.63. The minimum absolute atomic E-state index is 0. The zero-order valence-electron chi connectivity index (χ0n) is 15.6. The van der Waals surface area contributed by atoms with E-state index in [-0.39, 0.29) is 40.8 Å². The van der Waals surface area contributed by atoms with Gasteiger partial charge in [0, 0.05) is 5.02 Å².